The van der Waals surface area contributed by atoms with Crippen LogP contribution in [-0.4, -0.2) is 44.4 Å². The number of anilines is 2. The summed E-state index contributed by atoms with van der Waals surface area (Å²) in [6.07, 6.45) is 0. The lowest BCUT2D eigenvalue weighted by Gasteiger charge is -2.33. The Hall–Kier alpha value is -2.69. The van der Waals surface area contributed by atoms with Crippen LogP contribution in [0.3, 0.4) is 0 Å². The molecule has 1 aromatic heterocycles. The molecule has 1 aliphatic heterocycles. The van der Waals surface area contributed by atoms with Crippen molar-refractivity contribution in [2.24, 2.45) is 0 Å². The number of carbonyl (C=O) groups is 2. The third kappa shape index (κ3) is 4.28. The molecule has 0 saturated carbocycles. The minimum Gasteiger partial charge on any atom is -0.360 e. The predicted octanol–water partition coefficient (Wildman–Crippen LogP) is 1.17. The average molecular weight is 369 g/mol. The monoisotopic (exact) mass is 369 g/mol. The summed E-state index contributed by atoms with van der Waals surface area (Å²) in [7, 11) is 0. The molecule has 2 N–H and O–H groups in total. The number of amides is 1. The molecular formula is C19H21N4O2S+. The molecule has 134 valence electrons. The van der Waals surface area contributed by atoms with Gasteiger partial charge >= 0.3 is 0 Å². The van der Waals surface area contributed by atoms with Gasteiger partial charge in [0.2, 0.25) is 0 Å². The van der Waals surface area contributed by atoms with Crippen LogP contribution in [0.25, 0.3) is 0 Å². The summed E-state index contributed by atoms with van der Waals surface area (Å²) in [6, 6.07) is 11.5. The van der Waals surface area contributed by atoms with Gasteiger partial charge in [0.1, 0.15) is 11.1 Å². The first-order valence-electron chi connectivity index (χ1n) is 8.54. The molecule has 26 heavy (non-hydrogen) atoms. The van der Waals surface area contributed by atoms with Crippen molar-refractivity contribution >= 4 is 33.7 Å². The number of hydrogen-bond acceptors (Lipinski definition) is 5. The first kappa shape index (κ1) is 18.1. The highest BCUT2D eigenvalue weighted by atomic mass is 32.1. The van der Waals surface area contributed by atoms with Crippen molar-refractivity contribution < 1.29 is 14.5 Å². The number of nitrogens with one attached hydrogen (secondary N) is 2. The Morgan fingerprint density at radius 1 is 1.23 bits per heavy atom. The number of quaternary nitrogens is 1. The van der Waals surface area contributed by atoms with Gasteiger partial charge in [0.25, 0.3) is 5.91 Å². The molecule has 0 unspecified atom stereocenters. The summed E-state index contributed by atoms with van der Waals surface area (Å²) >= 11 is 1.37. The second kappa shape index (κ2) is 8.13. The van der Waals surface area contributed by atoms with E-state index >= 15 is 0 Å². The number of nitrogens with zero attached hydrogens (tertiary/aromatic N) is 2. The molecule has 7 heteroatoms. The van der Waals surface area contributed by atoms with E-state index in [-0.39, 0.29) is 11.7 Å². The van der Waals surface area contributed by atoms with Gasteiger partial charge in [-0.2, -0.15) is 5.26 Å². The minimum absolute atomic E-state index is 0.0572. The topological polar surface area (TPSA) is 77.6 Å². The van der Waals surface area contributed by atoms with Gasteiger partial charge in [0, 0.05) is 11.3 Å². The van der Waals surface area contributed by atoms with Gasteiger partial charge in [-0.3, -0.25) is 9.59 Å². The van der Waals surface area contributed by atoms with Crippen molar-refractivity contribution in [1.82, 2.24) is 0 Å². The number of nitriles is 1. The largest absolute Gasteiger partial charge is 0.360 e. The van der Waals surface area contributed by atoms with E-state index in [0.29, 0.717) is 17.1 Å². The molecule has 1 aliphatic rings. The van der Waals surface area contributed by atoms with E-state index in [1.54, 1.807) is 18.4 Å². The van der Waals surface area contributed by atoms with Gasteiger partial charge in [-0.05, 0) is 42.6 Å². The summed E-state index contributed by atoms with van der Waals surface area (Å²) in [5.41, 5.74) is 2.34. The SMILES string of the molecule is CC(=O)c1ccc(N2CC[NH+](CC(=O)Nc3sccc3C#N)CC2)cc1. The zero-order valence-corrected chi connectivity index (χ0v) is 15.4. The number of rotatable bonds is 5. The van der Waals surface area contributed by atoms with Crippen molar-refractivity contribution in [2.75, 3.05) is 42.9 Å². The van der Waals surface area contributed by atoms with Crippen molar-refractivity contribution in [3.05, 3.63) is 46.8 Å². The van der Waals surface area contributed by atoms with Gasteiger partial charge in [0.15, 0.2) is 12.3 Å². The third-order valence-corrected chi connectivity index (χ3v) is 5.39. The maximum atomic E-state index is 12.2. The van der Waals surface area contributed by atoms with Crippen molar-refractivity contribution in [1.29, 1.82) is 5.26 Å². The smallest absolute Gasteiger partial charge is 0.280 e. The van der Waals surface area contributed by atoms with E-state index in [1.165, 1.54) is 16.2 Å². The highest BCUT2D eigenvalue weighted by Gasteiger charge is 2.23. The van der Waals surface area contributed by atoms with Crippen molar-refractivity contribution in [3.8, 4) is 6.07 Å². The van der Waals surface area contributed by atoms with Gasteiger partial charge in [-0.25, -0.2) is 0 Å². The second-order valence-electron chi connectivity index (χ2n) is 6.34. The van der Waals surface area contributed by atoms with Crippen LogP contribution < -0.4 is 15.1 Å². The lowest BCUT2D eigenvalue weighted by Crippen LogP contribution is -3.15. The molecule has 0 aliphatic carbocycles. The number of benzene rings is 1. The number of thiophene rings is 1. The molecule has 2 aromatic rings. The normalized spacial score (nSPS) is 14.7. The van der Waals surface area contributed by atoms with E-state index in [2.05, 4.69) is 16.3 Å². The Balaban J connectivity index is 1.50. The highest BCUT2D eigenvalue weighted by molar-refractivity contribution is 7.14. The van der Waals surface area contributed by atoms with Crippen LogP contribution in [0.15, 0.2) is 35.7 Å². The first-order chi connectivity index (χ1) is 12.6. The van der Waals surface area contributed by atoms with Crippen LogP contribution in [0.1, 0.15) is 22.8 Å². The van der Waals surface area contributed by atoms with Gasteiger partial charge in [0.05, 0.1) is 31.7 Å². The molecular weight excluding hydrogens is 348 g/mol. The number of piperazine rings is 1. The molecule has 2 heterocycles. The standard InChI is InChI=1S/C19H20N4O2S/c1-14(24)15-2-4-17(5-3-15)23-9-7-22(8-10-23)13-18(25)21-19-16(12-20)6-11-26-19/h2-6,11H,7-10,13H2,1H3,(H,21,25)/p+1. The van der Waals surface area contributed by atoms with Crippen molar-refractivity contribution in [2.45, 2.75) is 6.92 Å². The summed E-state index contributed by atoms with van der Waals surface area (Å²) in [5, 5.41) is 14.3. The van der Waals surface area contributed by atoms with Gasteiger partial charge in [-0.1, -0.05) is 0 Å². The first-order valence-corrected chi connectivity index (χ1v) is 9.41. The van der Waals surface area contributed by atoms with Crippen LogP contribution in [-0.2, 0) is 4.79 Å². The zero-order valence-electron chi connectivity index (χ0n) is 14.6. The Kier molecular flexibility index (Phi) is 5.66. The second-order valence-corrected chi connectivity index (χ2v) is 7.26. The minimum atomic E-state index is -0.0572. The number of ketones is 1. The van der Waals surface area contributed by atoms with Crippen LogP contribution >= 0.6 is 11.3 Å². The van der Waals surface area contributed by atoms with Gasteiger partial charge < -0.3 is 15.1 Å². The Bertz CT molecular complexity index is 830. The molecule has 0 radical (unpaired) electrons. The average Bonchev–Trinajstić information content (AvgIpc) is 3.09. The Morgan fingerprint density at radius 3 is 2.54 bits per heavy atom. The lowest BCUT2D eigenvalue weighted by molar-refractivity contribution is -0.892. The van der Waals surface area contributed by atoms with Crippen LogP contribution in [0.5, 0.6) is 0 Å². The zero-order chi connectivity index (χ0) is 18.5. The molecule has 1 fully saturated rings. The lowest BCUT2D eigenvalue weighted by atomic mass is 10.1. The molecule has 0 spiro atoms. The molecule has 1 aromatic carbocycles. The molecule has 3 rings (SSSR count). The molecule has 0 atom stereocenters. The number of Topliss-reactive ketones (excluding diaryl/α,β-unsaturated/α-hetero) is 1. The van der Waals surface area contributed by atoms with Gasteiger partial charge in [-0.15, -0.1) is 11.3 Å². The predicted molar refractivity (Wildman–Crippen MR) is 102 cm³/mol. The number of hydrogen-bond donors (Lipinski definition) is 2. The van der Waals surface area contributed by atoms with E-state index in [1.807, 2.05) is 24.3 Å². The van der Waals surface area contributed by atoms with Crippen LogP contribution in [0, 0.1) is 11.3 Å². The van der Waals surface area contributed by atoms with Crippen LogP contribution in [0.4, 0.5) is 10.7 Å². The summed E-state index contributed by atoms with van der Waals surface area (Å²) in [5.74, 6) is 0.0142. The molecule has 1 saturated heterocycles. The van der Waals surface area contributed by atoms with Crippen LogP contribution in [0.2, 0.25) is 0 Å². The van der Waals surface area contributed by atoms with E-state index in [0.717, 1.165) is 37.4 Å². The fraction of sp³-hybridized carbons (Fsp3) is 0.316. The fourth-order valence-electron chi connectivity index (χ4n) is 3.06. The van der Waals surface area contributed by atoms with Crippen molar-refractivity contribution in [3.63, 3.8) is 0 Å². The molecule has 6 nitrogen and oxygen atoms in total. The highest BCUT2D eigenvalue weighted by Crippen LogP contribution is 2.21. The maximum Gasteiger partial charge on any atom is 0.280 e. The molecule has 0 bridgehead atoms. The maximum absolute atomic E-state index is 12.2. The van der Waals surface area contributed by atoms with E-state index in [4.69, 9.17) is 5.26 Å². The summed E-state index contributed by atoms with van der Waals surface area (Å²) in [6.45, 7) is 5.45. The summed E-state index contributed by atoms with van der Waals surface area (Å²) < 4.78 is 0. The van der Waals surface area contributed by atoms with E-state index < -0.39 is 0 Å². The fourth-order valence-corrected chi connectivity index (χ4v) is 3.81. The number of carbonyl (C=O) groups excluding carboxylic acids is 2. The quantitative estimate of drug-likeness (QED) is 0.776. The third-order valence-electron chi connectivity index (χ3n) is 4.56. The Morgan fingerprint density at radius 2 is 1.92 bits per heavy atom. The summed E-state index contributed by atoms with van der Waals surface area (Å²) in [4.78, 5) is 27.1. The Labute approximate surface area is 156 Å². The van der Waals surface area contributed by atoms with E-state index in [9.17, 15) is 9.59 Å². The molecule has 1 amide bonds.